The normalized spacial score (nSPS) is 11.8. The Bertz CT molecular complexity index is 393. The molecular formula is C11H15Cl2O3P. The summed E-state index contributed by atoms with van der Waals surface area (Å²) in [6.07, 6.45) is 0.0905. The van der Waals surface area contributed by atoms with Crippen LogP contribution in [-0.2, 0) is 19.8 Å². The third kappa shape index (κ3) is 4.27. The van der Waals surface area contributed by atoms with Gasteiger partial charge in [0.1, 0.15) is 0 Å². The molecule has 0 unspecified atom stereocenters. The minimum absolute atomic E-state index is 0.0905. The molecule has 0 aliphatic carbocycles. The Labute approximate surface area is 112 Å². The maximum atomic E-state index is 12.3. The minimum Gasteiger partial charge on any atom is -0.309 e. The summed E-state index contributed by atoms with van der Waals surface area (Å²) >= 11 is 12.0. The van der Waals surface area contributed by atoms with Gasteiger partial charge < -0.3 is 9.05 Å². The van der Waals surface area contributed by atoms with Crippen LogP contribution in [0.3, 0.4) is 0 Å². The summed E-state index contributed by atoms with van der Waals surface area (Å²) in [6, 6.07) is 5.14. The predicted octanol–water partition coefficient (Wildman–Crippen LogP) is 4.76. The third-order valence-electron chi connectivity index (χ3n) is 2.07. The zero-order valence-corrected chi connectivity index (χ0v) is 12.2. The van der Waals surface area contributed by atoms with Crippen LogP contribution in [0, 0.1) is 0 Å². The molecule has 1 rings (SSSR count). The summed E-state index contributed by atoms with van der Waals surface area (Å²) in [5.74, 6) is 0. The van der Waals surface area contributed by atoms with Crippen molar-refractivity contribution in [3.05, 3.63) is 33.8 Å². The summed E-state index contributed by atoms with van der Waals surface area (Å²) in [5, 5.41) is 0.939. The molecule has 0 bridgehead atoms. The predicted molar refractivity (Wildman–Crippen MR) is 71.0 cm³/mol. The molecule has 0 saturated heterocycles. The van der Waals surface area contributed by atoms with E-state index in [9.17, 15) is 4.57 Å². The van der Waals surface area contributed by atoms with Gasteiger partial charge in [-0.25, -0.2) is 0 Å². The van der Waals surface area contributed by atoms with Crippen LogP contribution in [-0.4, -0.2) is 13.2 Å². The van der Waals surface area contributed by atoms with Gasteiger partial charge in [-0.2, -0.15) is 0 Å². The molecule has 1 aromatic rings. The Morgan fingerprint density at radius 1 is 1.12 bits per heavy atom. The molecule has 0 aromatic heterocycles. The van der Waals surface area contributed by atoms with Crippen LogP contribution in [0.5, 0.6) is 0 Å². The third-order valence-corrected chi connectivity index (χ3v) is 4.78. The van der Waals surface area contributed by atoms with Crippen LogP contribution in [0.15, 0.2) is 18.2 Å². The van der Waals surface area contributed by atoms with Crippen LogP contribution in [0.25, 0.3) is 0 Å². The lowest BCUT2D eigenvalue weighted by Crippen LogP contribution is -2.00. The van der Waals surface area contributed by atoms with Gasteiger partial charge in [-0.15, -0.1) is 0 Å². The van der Waals surface area contributed by atoms with E-state index in [1.807, 2.05) is 0 Å². The fourth-order valence-corrected chi connectivity index (χ4v) is 3.89. The summed E-state index contributed by atoms with van der Waals surface area (Å²) in [4.78, 5) is 0. The van der Waals surface area contributed by atoms with Crippen molar-refractivity contribution in [2.24, 2.45) is 0 Å². The number of hydrogen-bond acceptors (Lipinski definition) is 3. The topological polar surface area (TPSA) is 35.5 Å². The van der Waals surface area contributed by atoms with E-state index in [0.717, 1.165) is 0 Å². The Morgan fingerprint density at radius 3 is 2.00 bits per heavy atom. The van der Waals surface area contributed by atoms with Crippen molar-refractivity contribution < 1.29 is 13.6 Å². The first-order valence-electron chi connectivity index (χ1n) is 5.33. The Kier molecular flexibility index (Phi) is 5.98. The molecule has 0 N–H and O–H groups in total. The molecular weight excluding hydrogens is 282 g/mol. The molecule has 0 fully saturated rings. The highest BCUT2D eigenvalue weighted by Crippen LogP contribution is 2.53. The fraction of sp³-hybridized carbons (Fsp3) is 0.455. The smallest absolute Gasteiger partial charge is 0.309 e. The lowest BCUT2D eigenvalue weighted by atomic mass is 10.2. The minimum atomic E-state index is -3.16. The monoisotopic (exact) mass is 296 g/mol. The van der Waals surface area contributed by atoms with Gasteiger partial charge in [0.2, 0.25) is 0 Å². The summed E-state index contributed by atoms with van der Waals surface area (Å²) in [5.41, 5.74) is 0.598. The molecule has 1 aromatic carbocycles. The summed E-state index contributed by atoms with van der Waals surface area (Å²) in [6.45, 7) is 4.17. The van der Waals surface area contributed by atoms with Gasteiger partial charge in [0, 0.05) is 15.6 Å². The molecule has 0 saturated carbocycles. The molecule has 96 valence electrons. The average molecular weight is 297 g/mol. The standard InChI is InChI=1S/C11H15Cl2O3P/c1-3-15-17(14,16-4-2)8-9-10(12)6-5-7-11(9)13/h5-7H,3-4,8H2,1-2H3. The van der Waals surface area contributed by atoms with E-state index in [4.69, 9.17) is 32.2 Å². The van der Waals surface area contributed by atoms with Crippen molar-refractivity contribution >= 4 is 30.8 Å². The van der Waals surface area contributed by atoms with Crippen LogP contribution in [0.1, 0.15) is 19.4 Å². The van der Waals surface area contributed by atoms with E-state index in [-0.39, 0.29) is 6.16 Å². The highest BCUT2D eigenvalue weighted by Gasteiger charge is 2.26. The second kappa shape index (κ2) is 6.77. The van der Waals surface area contributed by atoms with Gasteiger partial charge in [-0.1, -0.05) is 29.3 Å². The molecule has 0 heterocycles. The van der Waals surface area contributed by atoms with Gasteiger partial charge in [0.15, 0.2) is 0 Å². The van der Waals surface area contributed by atoms with E-state index < -0.39 is 7.60 Å². The van der Waals surface area contributed by atoms with Gasteiger partial charge in [-0.05, 0) is 26.0 Å². The van der Waals surface area contributed by atoms with E-state index in [1.54, 1.807) is 32.0 Å². The van der Waals surface area contributed by atoms with Crippen molar-refractivity contribution in [3.63, 3.8) is 0 Å². The average Bonchev–Trinajstić information content (AvgIpc) is 2.24. The molecule has 0 aliphatic rings. The van der Waals surface area contributed by atoms with Gasteiger partial charge in [0.05, 0.1) is 19.4 Å². The molecule has 0 amide bonds. The van der Waals surface area contributed by atoms with Crippen LogP contribution < -0.4 is 0 Å². The van der Waals surface area contributed by atoms with Crippen molar-refractivity contribution in [2.45, 2.75) is 20.0 Å². The Hall–Kier alpha value is -0.0500. The fourth-order valence-electron chi connectivity index (χ4n) is 1.40. The van der Waals surface area contributed by atoms with Gasteiger partial charge in [-0.3, -0.25) is 4.57 Å². The summed E-state index contributed by atoms with van der Waals surface area (Å²) < 4.78 is 22.7. The quantitative estimate of drug-likeness (QED) is 0.710. The highest BCUT2D eigenvalue weighted by molar-refractivity contribution is 7.53. The van der Waals surface area contributed by atoms with Crippen molar-refractivity contribution in [2.75, 3.05) is 13.2 Å². The van der Waals surface area contributed by atoms with Crippen LogP contribution in [0.2, 0.25) is 10.0 Å². The van der Waals surface area contributed by atoms with E-state index >= 15 is 0 Å². The molecule has 3 nitrogen and oxygen atoms in total. The zero-order chi connectivity index (χ0) is 12.9. The lowest BCUT2D eigenvalue weighted by Gasteiger charge is -2.18. The lowest BCUT2D eigenvalue weighted by molar-refractivity contribution is 0.219. The number of halogens is 2. The molecule has 0 radical (unpaired) electrons. The van der Waals surface area contributed by atoms with E-state index in [2.05, 4.69) is 0 Å². The van der Waals surface area contributed by atoms with Crippen LogP contribution >= 0.6 is 30.8 Å². The molecule has 6 heteroatoms. The van der Waals surface area contributed by atoms with Crippen LogP contribution in [0.4, 0.5) is 0 Å². The van der Waals surface area contributed by atoms with Crippen molar-refractivity contribution in [3.8, 4) is 0 Å². The summed E-state index contributed by atoms with van der Waals surface area (Å²) in [7, 11) is -3.16. The van der Waals surface area contributed by atoms with Gasteiger partial charge >= 0.3 is 7.60 Å². The van der Waals surface area contributed by atoms with E-state index in [0.29, 0.717) is 28.8 Å². The van der Waals surface area contributed by atoms with Crippen molar-refractivity contribution in [1.82, 2.24) is 0 Å². The largest absolute Gasteiger partial charge is 0.335 e. The molecule has 0 spiro atoms. The molecule has 17 heavy (non-hydrogen) atoms. The molecule has 0 aliphatic heterocycles. The Balaban J connectivity index is 2.97. The van der Waals surface area contributed by atoms with Gasteiger partial charge in [0.25, 0.3) is 0 Å². The SMILES string of the molecule is CCOP(=O)(Cc1c(Cl)cccc1Cl)OCC. The van der Waals surface area contributed by atoms with E-state index in [1.165, 1.54) is 0 Å². The highest BCUT2D eigenvalue weighted by atomic mass is 35.5. The first-order valence-corrected chi connectivity index (χ1v) is 7.81. The Morgan fingerprint density at radius 2 is 1.59 bits per heavy atom. The van der Waals surface area contributed by atoms with Crippen molar-refractivity contribution in [1.29, 1.82) is 0 Å². The second-order valence-corrected chi connectivity index (χ2v) is 6.17. The zero-order valence-electron chi connectivity index (χ0n) is 9.78. The first-order chi connectivity index (χ1) is 8.02. The first kappa shape index (κ1) is 15.0. The number of hydrogen-bond donors (Lipinski definition) is 0. The second-order valence-electron chi connectivity index (χ2n) is 3.30. The molecule has 0 atom stereocenters. The maximum absolute atomic E-state index is 12.3. The maximum Gasteiger partial charge on any atom is 0.335 e. The number of benzene rings is 1. The number of rotatable bonds is 6.